The molecule has 0 aliphatic heterocycles. The highest BCUT2D eigenvalue weighted by Gasteiger charge is 2.08. The fourth-order valence-corrected chi connectivity index (χ4v) is 2.27. The molecule has 2 aromatic carbocycles. The van der Waals surface area contributed by atoms with E-state index < -0.39 is 0 Å². The topological polar surface area (TPSA) is 67.3 Å². The van der Waals surface area contributed by atoms with Gasteiger partial charge in [0.15, 0.2) is 11.5 Å². The van der Waals surface area contributed by atoms with Gasteiger partial charge in [-0.05, 0) is 42.8 Å². The molecular weight excluding hydrogens is 309 g/mol. The van der Waals surface area contributed by atoms with Gasteiger partial charge in [0, 0.05) is 11.3 Å². The number of aromatic hydroxyl groups is 1. The summed E-state index contributed by atoms with van der Waals surface area (Å²) >= 11 is 0. The summed E-state index contributed by atoms with van der Waals surface area (Å²) in [5.74, 6) is 0.580. The second kappa shape index (κ2) is 6.54. The molecule has 0 radical (unpaired) electrons. The Hall–Kier alpha value is -3.15. The van der Waals surface area contributed by atoms with Gasteiger partial charge in [-0.1, -0.05) is 6.07 Å². The molecule has 3 rings (SSSR count). The molecule has 0 bridgehead atoms. The number of phenols is 1. The van der Waals surface area contributed by atoms with Gasteiger partial charge in [-0.2, -0.15) is 0 Å². The Balaban J connectivity index is 1.93. The van der Waals surface area contributed by atoms with Crippen molar-refractivity contribution in [2.75, 3.05) is 12.4 Å². The molecule has 122 valence electrons. The van der Waals surface area contributed by atoms with Crippen molar-refractivity contribution in [2.45, 2.75) is 6.92 Å². The van der Waals surface area contributed by atoms with Crippen molar-refractivity contribution in [1.29, 1.82) is 0 Å². The number of aromatic nitrogens is 2. The molecule has 0 atom stereocenters. The first-order chi connectivity index (χ1) is 11.6. The average Bonchev–Trinajstić information content (AvgIpc) is 2.59. The molecule has 5 nitrogen and oxygen atoms in total. The van der Waals surface area contributed by atoms with E-state index in [1.54, 1.807) is 30.6 Å². The van der Waals surface area contributed by atoms with Crippen molar-refractivity contribution in [3.8, 4) is 22.8 Å². The molecule has 0 saturated heterocycles. The highest BCUT2D eigenvalue weighted by atomic mass is 19.1. The van der Waals surface area contributed by atoms with Crippen LogP contribution in [0.1, 0.15) is 5.56 Å². The smallest absolute Gasteiger partial charge is 0.161 e. The van der Waals surface area contributed by atoms with E-state index in [4.69, 9.17) is 4.74 Å². The molecular formula is C18H16FN3O2. The van der Waals surface area contributed by atoms with Crippen molar-refractivity contribution < 1.29 is 14.2 Å². The van der Waals surface area contributed by atoms with Gasteiger partial charge in [-0.15, -0.1) is 0 Å². The molecule has 0 aliphatic carbocycles. The zero-order valence-electron chi connectivity index (χ0n) is 13.2. The van der Waals surface area contributed by atoms with E-state index in [1.807, 2.05) is 6.92 Å². The van der Waals surface area contributed by atoms with E-state index in [0.29, 0.717) is 22.9 Å². The van der Waals surface area contributed by atoms with Crippen LogP contribution in [0, 0.1) is 12.7 Å². The summed E-state index contributed by atoms with van der Waals surface area (Å²) < 4.78 is 18.5. The molecule has 3 aromatic rings. The number of anilines is 2. The molecule has 2 N–H and O–H groups in total. The van der Waals surface area contributed by atoms with Crippen molar-refractivity contribution in [3.63, 3.8) is 0 Å². The Morgan fingerprint density at radius 2 is 1.96 bits per heavy atom. The zero-order chi connectivity index (χ0) is 17.1. The minimum Gasteiger partial charge on any atom is -0.504 e. The molecule has 0 unspecified atom stereocenters. The van der Waals surface area contributed by atoms with Crippen LogP contribution in [0.4, 0.5) is 15.9 Å². The minimum absolute atomic E-state index is 0.0545. The summed E-state index contributed by atoms with van der Waals surface area (Å²) in [6.45, 7) is 1.88. The van der Waals surface area contributed by atoms with E-state index in [1.165, 1.54) is 25.3 Å². The van der Waals surface area contributed by atoms with Crippen molar-refractivity contribution >= 4 is 11.5 Å². The maximum atomic E-state index is 13.4. The summed E-state index contributed by atoms with van der Waals surface area (Å²) in [6.07, 6.45) is 3.17. The standard InChI is InChI=1S/C18H16FN3O2/c1-11-3-5-13(19)8-14(11)21-18-10-20-9-15(22-18)12-4-6-16(23)17(7-12)24-2/h3-10,23H,1-2H3,(H,21,22). The summed E-state index contributed by atoms with van der Waals surface area (Å²) in [4.78, 5) is 8.65. The number of hydrogen-bond acceptors (Lipinski definition) is 5. The highest BCUT2D eigenvalue weighted by Crippen LogP contribution is 2.31. The van der Waals surface area contributed by atoms with Crippen LogP contribution >= 0.6 is 0 Å². The lowest BCUT2D eigenvalue weighted by atomic mass is 10.1. The first-order valence-corrected chi connectivity index (χ1v) is 7.29. The maximum Gasteiger partial charge on any atom is 0.161 e. The van der Waals surface area contributed by atoms with E-state index in [9.17, 15) is 9.50 Å². The number of halogens is 1. The van der Waals surface area contributed by atoms with Crippen molar-refractivity contribution in [2.24, 2.45) is 0 Å². The first kappa shape index (κ1) is 15.7. The normalized spacial score (nSPS) is 10.5. The number of phenolic OH excluding ortho intramolecular Hbond substituents is 1. The zero-order valence-corrected chi connectivity index (χ0v) is 13.2. The van der Waals surface area contributed by atoms with E-state index in [-0.39, 0.29) is 11.6 Å². The molecule has 0 saturated carbocycles. The number of nitrogens with one attached hydrogen (secondary N) is 1. The molecule has 1 heterocycles. The summed E-state index contributed by atoms with van der Waals surface area (Å²) in [6, 6.07) is 9.45. The van der Waals surface area contributed by atoms with Crippen LogP contribution in [0.5, 0.6) is 11.5 Å². The average molecular weight is 325 g/mol. The third-order valence-electron chi connectivity index (χ3n) is 3.57. The lowest BCUT2D eigenvalue weighted by Crippen LogP contribution is -1.98. The Kier molecular flexibility index (Phi) is 4.29. The van der Waals surface area contributed by atoms with E-state index >= 15 is 0 Å². The van der Waals surface area contributed by atoms with Gasteiger partial charge in [0.25, 0.3) is 0 Å². The summed E-state index contributed by atoms with van der Waals surface area (Å²) in [7, 11) is 1.48. The number of rotatable bonds is 4. The first-order valence-electron chi connectivity index (χ1n) is 7.29. The molecule has 0 aliphatic rings. The van der Waals surface area contributed by atoms with Gasteiger partial charge >= 0.3 is 0 Å². The number of methoxy groups -OCH3 is 1. The predicted octanol–water partition coefficient (Wildman–Crippen LogP) is 4.05. The SMILES string of the molecule is COc1cc(-c2cncc(Nc3cc(F)ccc3C)n2)ccc1O. The van der Waals surface area contributed by atoms with Gasteiger partial charge in [0.05, 0.1) is 25.2 Å². The van der Waals surface area contributed by atoms with Crippen molar-refractivity contribution in [1.82, 2.24) is 9.97 Å². The van der Waals surface area contributed by atoms with Crippen LogP contribution in [0.15, 0.2) is 48.8 Å². The quantitative estimate of drug-likeness (QED) is 0.757. The van der Waals surface area contributed by atoms with Crippen LogP contribution in [0.3, 0.4) is 0 Å². The number of aryl methyl sites for hydroxylation is 1. The van der Waals surface area contributed by atoms with Gasteiger partial charge in [-0.3, -0.25) is 4.98 Å². The second-order valence-corrected chi connectivity index (χ2v) is 5.26. The van der Waals surface area contributed by atoms with E-state index in [2.05, 4.69) is 15.3 Å². The molecule has 0 spiro atoms. The van der Waals surface area contributed by atoms with Gasteiger partial charge in [-0.25, -0.2) is 9.37 Å². The molecule has 6 heteroatoms. The minimum atomic E-state index is -0.324. The Morgan fingerprint density at radius 3 is 2.75 bits per heavy atom. The number of benzene rings is 2. The Morgan fingerprint density at radius 1 is 1.12 bits per heavy atom. The molecule has 0 fully saturated rings. The number of ether oxygens (including phenoxy) is 1. The van der Waals surface area contributed by atoms with E-state index in [0.717, 1.165) is 11.1 Å². The monoisotopic (exact) mass is 325 g/mol. The summed E-state index contributed by atoms with van der Waals surface area (Å²) in [5.41, 5.74) is 2.88. The van der Waals surface area contributed by atoms with Crippen LogP contribution < -0.4 is 10.1 Å². The number of hydrogen-bond donors (Lipinski definition) is 2. The predicted molar refractivity (Wildman–Crippen MR) is 90.1 cm³/mol. The van der Waals surface area contributed by atoms with Crippen LogP contribution in [0.2, 0.25) is 0 Å². The van der Waals surface area contributed by atoms with Gasteiger partial charge in [0.2, 0.25) is 0 Å². The lowest BCUT2D eigenvalue weighted by Gasteiger charge is -2.10. The Labute approximate surface area is 138 Å². The van der Waals surface area contributed by atoms with Crippen LogP contribution in [-0.4, -0.2) is 22.2 Å². The van der Waals surface area contributed by atoms with Gasteiger partial charge < -0.3 is 15.2 Å². The molecule has 24 heavy (non-hydrogen) atoms. The maximum absolute atomic E-state index is 13.4. The van der Waals surface area contributed by atoms with Crippen molar-refractivity contribution in [3.05, 3.63) is 60.2 Å². The second-order valence-electron chi connectivity index (χ2n) is 5.26. The van der Waals surface area contributed by atoms with Gasteiger partial charge in [0.1, 0.15) is 11.6 Å². The fraction of sp³-hybridized carbons (Fsp3) is 0.111. The van der Waals surface area contributed by atoms with Crippen LogP contribution in [0.25, 0.3) is 11.3 Å². The third kappa shape index (κ3) is 3.27. The summed E-state index contributed by atoms with van der Waals surface area (Å²) in [5, 5.41) is 12.7. The lowest BCUT2D eigenvalue weighted by molar-refractivity contribution is 0.373. The highest BCUT2D eigenvalue weighted by molar-refractivity contribution is 5.66. The van der Waals surface area contributed by atoms with Crippen LogP contribution in [-0.2, 0) is 0 Å². The number of nitrogens with zero attached hydrogens (tertiary/aromatic N) is 2. The fourth-order valence-electron chi connectivity index (χ4n) is 2.27. The third-order valence-corrected chi connectivity index (χ3v) is 3.57. The molecule has 1 aromatic heterocycles. The largest absolute Gasteiger partial charge is 0.504 e. The molecule has 0 amide bonds. The Bertz CT molecular complexity index is 884.